The van der Waals surface area contributed by atoms with Crippen molar-refractivity contribution < 1.29 is 4.74 Å². The first kappa shape index (κ1) is 11.4. The van der Waals surface area contributed by atoms with Gasteiger partial charge >= 0.3 is 0 Å². The number of ether oxygens (including phenoxy) is 1. The van der Waals surface area contributed by atoms with Crippen molar-refractivity contribution in [3.8, 4) is 5.75 Å². The van der Waals surface area contributed by atoms with E-state index in [9.17, 15) is 4.79 Å². The number of unbranched alkanes of at least 4 members (excludes halogenated alkanes) is 1. The maximum atomic E-state index is 11.3. The van der Waals surface area contributed by atoms with Crippen LogP contribution in [0.3, 0.4) is 0 Å². The lowest BCUT2D eigenvalue weighted by atomic mass is 10.0. The fraction of sp³-hybridized carbons (Fsp3) is 0.636. The zero-order chi connectivity index (χ0) is 10.7. The van der Waals surface area contributed by atoms with Crippen LogP contribution in [0, 0.1) is 4.51 Å². The van der Waals surface area contributed by atoms with Gasteiger partial charge in [-0.2, -0.15) is 0 Å². The average Bonchev–Trinajstić information content (AvgIpc) is 2.15. The van der Waals surface area contributed by atoms with E-state index in [-0.39, 0.29) is 11.5 Å². The van der Waals surface area contributed by atoms with Crippen LogP contribution in [-0.4, -0.2) is 6.10 Å². The van der Waals surface area contributed by atoms with E-state index < -0.39 is 0 Å². The Bertz CT molecular complexity index is 372. The molecule has 0 atom stereocenters. The van der Waals surface area contributed by atoms with E-state index in [2.05, 4.69) is 6.92 Å². The minimum Gasteiger partial charge on any atom is -0.487 e. The predicted octanol–water partition coefficient (Wildman–Crippen LogP) is 2.78. The van der Waals surface area contributed by atoms with Gasteiger partial charge in [-0.3, -0.25) is 4.79 Å². The van der Waals surface area contributed by atoms with Crippen molar-refractivity contribution in [3.63, 3.8) is 0 Å². The molecule has 0 spiro atoms. The second kappa shape index (κ2) is 4.69. The molecule has 78 valence electrons. The molecular formula is C11H16O2S. The van der Waals surface area contributed by atoms with E-state index in [1.165, 1.54) is 0 Å². The molecule has 0 amide bonds. The first-order chi connectivity index (χ1) is 6.57. The van der Waals surface area contributed by atoms with E-state index in [0.29, 0.717) is 10.3 Å². The van der Waals surface area contributed by atoms with Gasteiger partial charge in [-0.1, -0.05) is 25.6 Å². The van der Waals surface area contributed by atoms with Gasteiger partial charge in [0, 0.05) is 5.56 Å². The summed E-state index contributed by atoms with van der Waals surface area (Å²) in [5.41, 5.74) is 0.875. The Morgan fingerprint density at radius 1 is 1.43 bits per heavy atom. The van der Waals surface area contributed by atoms with Crippen molar-refractivity contribution in [2.75, 3.05) is 0 Å². The van der Waals surface area contributed by atoms with Gasteiger partial charge in [-0.05, 0) is 26.7 Å². The third-order valence-corrected chi connectivity index (χ3v) is 2.53. The van der Waals surface area contributed by atoms with E-state index in [0.717, 1.165) is 24.8 Å². The lowest BCUT2D eigenvalue weighted by Gasteiger charge is -2.15. The first-order valence-electron chi connectivity index (χ1n) is 5.06. The Morgan fingerprint density at radius 3 is 2.57 bits per heavy atom. The van der Waals surface area contributed by atoms with E-state index in [1.54, 1.807) is 0 Å². The molecule has 0 saturated carbocycles. The molecule has 0 unspecified atom stereocenters. The molecule has 1 rings (SSSR count). The molecule has 3 heteroatoms. The fourth-order valence-corrected chi connectivity index (χ4v) is 1.65. The van der Waals surface area contributed by atoms with Crippen LogP contribution >= 0.6 is 12.2 Å². The van der Waals surface area contributed by atoms with Crippen LogP contribution in [0.25, 0.3) is 0 Å². The summed E-state index contributed by atoms with van der Waals surface area (Å²) in [4.78, 5) is 11.3. The SMILES string of the molecule is CCCCc1c(OC(C)C)c(=O)c1=S. The highest BCUT2D eigenvalue weighted by Gasteiger charge is 2.19. The van der Waals surface area contributed by atoms with Crippen molar-refractivity contribution in [1.29, 1.82) is 0 Å². The molecule has 0 fully saturated rings. The molecule has 14 heavy (non-hydrogen) atoms. The second-order valence-electron chi connectivity index (χ2n) is 3.74. The normalized spacial score (nSPS) is 11.1. The number of rotatable bonds is 5. The van der Waals surface area contributed by atoms with Gasteiger partial charge in [0.15, 0.2) is 5.75 Å². The van der Waals surface area contributed by atoms with Gasteiger partial charge in [0.05, 0.1) is 10.6 Å². The van der Waals surface area contributed by atoms with Gasteiger partial charge in [0.1, 0.15) is 0 Å². The van der Waals surface area contributed by atoms with Crippen molar-refractivity contribution in [2.45, 2.75) is 46.1 Å². The van der Waals surface area contributed by atoms with E-state index in [1.807, 2.05) is 13.8 Å². The third-order valence-electron chi connectivity index (χ3n) is 2.09. The molecule has 0 aliphatic heterocycles. The second-order valence-corrected chi connectivity index (χ2v) is 4.14. The van der Waals surface area contributed by atoms with Crippen LogP contribution < -0.4 is 10.2 Å². The van der Waals surface area contributed by atoms with E-state index in [4.69, 9.17) is 17.0 Å². The summed E-state index contributed by atoms with van der Waals surface area (Å²) in [5, 5.41) is 0. The predicted molar refractivity (Wildman–Crippen MR) is 60.3 cm³/mol. The maximum Gasteiger partial charge on any atom is 0.239 e. The summed E-state index contributed by atoms with van der Waals surface area (Å²) in [7, 11) is 0. The topological polar surface area (TPSA) is 26.3 Å². The van der Waals surface area contributed by atoms with Gasteiger partial charge in [0.2, 0.25) is 5.43 Å². The van der Waals surface area contributed by atoms with Crippen molar-refractivity contribution in [2.24, 2.45) is 0 Å². The molecule has 0 saturated heterocycles. The minimum absolute atomic E-state index is 0.0497. The van der Waals surface area contributed by atoms with Crippen LogP contribution in [0.4, 0.5) is 0 Å². The van der Waals surface area contributed by atoms with Gasteiger partial charge in [0.25, 0.3) is 0 Å². The largest absolute Gasteiger partial charge is 0.487 e. The number of hydrogen-bond acceptors (Lipinski definition) is 3. The quantitative estimate of drug-likeness (QED) is 0.702. The van der Waals surface area contributed by atoms with Gasteiger partial charge in [-0.15, -0.1) is 0 Å². The average molecular weight is 212 g/mol. The van der Waals surface area contributed by atoms with Gasteiger partial charge in [-0.25, -0.2) is 0 Å². The summed E-state index contributed by atoms with van der Waals surface area (Å²) in [5.74, 6) is 0.512. The Kier molecular flexibility index (Phi) is 3.81. The monoisotopic (exact) mass is 212 g/mol. The zero-order valence-corrected chi connectivity index (χ0v) is 9.74. The molecule has 2 nitrogen and oxygen atoms in total. The molecule has 0 heterocycles. The van der Waals surface area contributed by atoms with Crippen molar-refractivity contribution >= 4 is 12.2 Å². The molecule has 0 N–H and O–H groups in total. The molecule has 1 aromatic carbocycles. The van der Waals surface area contributed by atoms with E-state index >= 15 is 0 Å². The third kappa shape index (κ3) is 2.21. The summed E-state index contributed by atoms with van der Waals surface area (Å²) in [6.07, 6.45) is 3.10. The standard InChI is InChI=1S/C11H16O2S/c1-4-5-6-8-10(13-7(2)3)9(12)11(8)14/h7H,4-6H2,1-3H3. The molecule has 0 aliphatic rings. The number of hydrogen-bond donors (Lipinski definition) is 0. The summed E-state index contributed by atoms with van der Waals surface area (Å²) < 4.78 is 5.90. The van der Waals surface area contributed by atoms with Crippen LogP contribution in [0.5, 0.6) is 5.75 Å². The highest BCUT2D eigenvalue weighted by molar-refractivity contribution is 7.71. The van der Waals surface area contributed by atoms with Crippen LogP contribution in [0.1, 0.15) is 39.2 Å². The van der Waals surface area contributed by atoms with Crippen LogP contribution in [0.15, 0.2) is 4.79 Å². The van der Waals surface area contributed by atoms with Crippen molar-refractivity contribution in [3.05, 3.63) is 20.3 Å². The summed E-state index contributed by atoms with van der Waals surface area (Å²) >= 11 is 4.98. The molecule has 0 bridgehead atoms. The van der Waals surface area contributed by atoms with Crippen LogP contribution in [0.2, 0.25) is 0 Å². The van der Waals surface area contributed by atoms with Crippen LogP contribution in [-0.2, 0) is 6.42 Å². The Balaban J connectivity index is 2.78. The molecule has 0 aliphatic carbocycles. The highest BCUT2D eigenvalue weighted by Crippen LogP contribution is 2.22. The summed E-state index contributed by atoms with van der Waals surface area (Å²) in [6, 6.07) is 0. The van der Waals surface area contributed by atoms with Crippen molar-refractivity contribution in [1.82, 2.24) is 0 Å². The molecule has 1 aromatic rings. The molecule has 0 radical (unpaired) electrons. The first-order valence-corrected chi connectivity index (χ1v) is 5.47. The highest BCUT2D eigenvalue weighted by atomic mass is 32.1. The summed E-state index contributed by atoms with van der Waals surface area (Å²) in [6.45, 7) is 5.95. The molecule has 0 aromatic heterocycles. The Morgan fingerprint density at radius 2 is 2.07 bits per heavy atom. The lowest BCUT2D eigenvalue weighted by Crippen LogP contribution is -2.22. The maximum absolute atomic E-state index is 11.3. The fourth-order valence-electron chi connectivity index (χ4n) is 1.36. The Labute approximate surface area is 89.6 Å². The van der Waals surface area contributed by atoms with Gasteiger partial charge < -0.3 is 4.74 Å². The lowest BCUT2D eigenvalue weighted by molar-refractivity contribution is 0.234. The Hall–Kier alpha value is -0.700. The minimum atomic E-state index is -0.0835. The smallest absolute Gasteiger partial charge is 0.239 e. The zero-order valence-electron chi connectivity index (χ0n) is 8.92. The molecular weight excluding hydrogens is 196 g/mol.